The largest absolute Gasteiger partial charge is 0.295 e. The highest BCUT2D eigenvalue weighted by Crippen LogP contribution is 2.24. The quantitative estimate of drug-likeness (QED) is 0.664. The Morgan fingerprint density at radius 3 is 2.79 bits per heavy atom. The van der Waals surface area contributed by atoms with Crippen LogP contribution in [0.1, 0.15) is 17.0 Å². The smallest absolute Gasteiger partial charge is 0.129 e. The summed E-state index contributed by atoms with van der Waals surface area (Å²) < 4.78 is 2.11. The number of alkyl halides is 1. The Labute approximate surface area is 116 Å². The van der Waals surface area contributed by atoms with Crippen LogP contribution in [0.2, 0.25) is 0 Å². The third-order valence-electron chi connectivity index (χ3n) is 3.24. The molecule has 0 atom stereocenters. The highest BCUT2D eigenvalue weighted by atomic mass is 35.5. The van der Waals surface area contributed by atoms with Gasteiger partial charge in [0.2, 0.25) is 0 Å². The lowest BCUT2D eigenvalue weighted by atomic mass is 10.1. The van der Waals surface area contributed by atoms with Crippen LogP contribution < -0.4 is 0 Å². The molecular formula is C15H14ClN3. The van der Waals surface area contributed by atoms with Crippen LogP contribution in [0.3, 0.4) is 0 Å². The Kier molecular flexibility index (Phi) is 2.99. The number of nitrogens with zero attached hydrogens (tertiary/aromatic N) is 3. The first kappa shape index (κ1) is 12.2. The van der Waals surface area contributed by atoms with Crippen LogP contribution in [0.15, 0.2) is 36.7 Å². The number of pyridine rings is 1. The summed E-state index contributed by atoms with van der Waals surface area (Å²) in [5, 5.41) is 0. The number of aromatic nitrogens is 3. The zero-order valence-electron chi connectivity index (χ0n) is 10.9. The number of hydrogen-bond acceptors (Lipinski definition) is 2. The van der Waals surface area contributed by atoms with E-state index >= 15 is 0 Å². The summed E-state index contributed by atoms with van der Waals surface area (Å²) in [6, 6.07) is 8.35. The maximum Gasteiger partial charge on any atom is 0.129 e. The molecule has 3 rings (SSSR count). The molecule has 3 nitrogen and oxygen atoms in total. The van der Waals surface area contributed by atoms with Crippen molar-refractivity contribution in [3.63, 3.8) is 0 Å². The molecular weight excluding hydrogens is 258 g/mol. The maximum absolute atomic E-state index is 6.03. The normalized spacial score (nSPS) is 11.1. The number of rotatable bonds is 2. The molecule has 0 saturated carbocycles. The molecule has 0 radical (unpaired) electrons. The lowest BCUT2D eigenvalue weighted by Crippen LogP contribution is -2.01. The van der Waals surface area contributed by atoms with Crippen LogP contribution >= 0.6 is 11.6 Å². The summed E-state index contributed by atoms with van der Waals surface area (Å²) in [5.41, 5.74) is 5.49. The summed E-state index contributed by atoms with van der Waals surface area (Å²) in [6.45, 7) is 4.20. The lowest BCUT2D eigenvalue weighted by molar-refractivity contribution is 0.971. The third-order valence-corrected chi connectivity index (χ3v) is 3.48. The molecule has 0 fully saturated rings. The van der Waals surface area contributed by atoms with E-state index in [-0.39, 0.29) is 0 Å². The second kappa shape index (κ2) is 4.67. The van der Waals surface area contributed by atoms with E-state index in [9.17, 15) is 0 Å². The maximum atomic E-state index is 6.03. The van der Waals surface area contributed by atoms with Gasteiger partial charge in [-0.1, -0.05) is 17.7 Å². The molecule has 19 heavy (non-hydrogen) atoms. The molecule has 0 N–H and O–H groups in total. The van der Waals surface area contributed by atoms with Crippen molar-refractivity contribution >= 4 is 22.6 Å². The van der Waals surface area contributed by atoms with Crippen molar-refractivity contribution in [1.29, 1.82) is 0 Å². The Balaban J connectivity index is 2.34. The van der Waals surface area contributed by atoms with Gasteiger partial charge in [0, 0.05) is 6.20 Å². The minimum atomic E-state index is 0.377. The van der Waals surface area contributed by atoms with Crippen molar-refractivity contribution in [3.05, 3.63) is 53.6 Å². The third kappa shape index (κ3) is 2.00. The van der Waals surface area contributed by atoms with Crippen molar-refractivity contribution in [3.8, 4) is 5.69 Å². The van der Waals surface area contributed by atoms with E-state index in [1.807, 2.05) is 6.07 Å². The molecule has 2 aromatic heterocycles. The number of hydrogen-bond donors (Lipinski definition) is 0. The molecule has 0 aliphatic heterocycles. The summed E-state index contributed by atoms with van der Waals surface area (Å²) in [6.07, 6.45) is 3.55. The molecule has 2 heterocycles. The molecule has 4 heteroatoms. The van der Waals surface area contributed by atoms with Gasteiger partial charge in [-0.15, -0.1) is 11.6 Å². The molecule has 0 spiro atoms. The highest BCUT2D eigenvalue weighted by Gasteiger charge is 2.13. The van der Waals surface area contributed by atoms with Crippen LogP contribution in [-0.2, 0) is 5.88 Å². The molecule has 0 aliphatic rings. The van der Waals surface area contributed by atoms with Crippen LogP contribution in [0.25, 0.3) is 16.7 Å². The van der Waals surface area contributed by atoms with Crippen molar-refractivity contribution in [2.24, 2.45) is 0 Å². The van der Waals surface area contributed by atoms with Crippen LogP contribution in [0, 0.1) is 13.8 Å². The van der Waals surface area contributed by atoms with E-state index in [0.717, 1.165) is 22.5 Å². The summed E-state index contributed by atoms with van der Waals surface area (Å²) in [7, 11) is 0. The van der Waals surface area contributed by atoms with Gasteiger partial charge in [0.25, 0.3) is 0 Å². The van der Waals surface area contributed by atoms with Gasteiger partial charge in [-0.2, -0.15) is 0 Å². The molecule has 0 unspecified atom stereocenters. The molecule has 96 valence electrons. The van der Waals surface area contributed by atoms with E-state index in [1.54, 1.807) is 12.4 Å². The van der Waals surface area contributed by atoms with Crippen LogP contribution in [0.4, 0.5) is 0 Å². The van der Waals surface area contributed by atoms with E-state index in [1.165, 1.54) is 11.1 Å². The van der Waals surface area contributed by atoms with Gasteiger partial charge >= 0.3 is 0 Å². The Morgan fingerprint density at radius 1 is 1.21 bits per heavy atom. The first-order valence-electron chi connectivity index (χ1n) is 6.15. The zero-order valence-corrected chi connectivity index (χ0v) is 11.6. The fourth-order valence-corrected chi connectivity index (χ4v) is 2.58. The van der Waals surface area contributed by atoms with E-state index in [4.69, 9.17) is 11.6 Å². The van der Waals surface area contributed by atoms with Gasteiger partial charge in [0.15, 0.2) is 0 Å². The molecule has 0 bridgehead atoms. The zero-order chi connectivity index (χ0) is 13.4. The minimum absolute atomic E-state index is 0.377. The standard InChI is InChI=1S/C15H14ClN3/c1-10-3-4-13(11(2)7-10)19-14-5-6-17-9-12(14)18-15(19)8-16/h3-7,9H,8H2,1-2H3. The fourth-order valence-electron chi connectivity index (χ4n) is 2.40. The first-order chi connectivity index (χ1) is 9.20. The van der Waals surface area contributed by atoms with Gasteiger partial charge in [0.1, 0.15) is 11.3 Å². The fraction of sp³-hybridized carbons (Fsp3) is 0.200. The average molecular weight is 272 g/mol. The van der Waals surface area contributed by atoms with Gasteiger partial charge in [0.05, 0.1) is 23.3 Å². The second-order valence-corrected chi connectivity index (χ2v) is 4.92. The minimum Gasteiger partial charge on any atom is -0.295 e. The number of fused-ring (bicyclic) bond motifs is 1. The van der Waals surface area contributed by atoms with Crippen molar-refractivity contribution in [2.75, 3.05) is 0 Å². The van der Waals surface area contributed by atoms with E-state index in [2.05, 4.69) is 46.6 Å². The SMILES string of the molecule is Cc1ccc(-n2c(CCl)nc3cnccc32)c(C)c1. The predicted molar refractivity (Wildman–Crippen MR) is 77.9 cm³/mol. The van der Waals surface area contributed by atoms with Crippen molar-refractivity contribution in [1.82, 2.24) is 14.5 Å². The topological polar surface area (TPSA) is 30.7 Å². The van der Waals surface area contributed by atoms with Crippen LogP contribution in [-0.4, -0.2) is 14.5 Å². The van der Waals surface area contributed by atoms with Crippen molar-refractivity contribution < 1.29 is 0 Å². The highest BCUT2D eigenvalue weighted by molar-refractivity contribution is 6.17. The molecule has 0 saturated heterocycles. The Hall–Kier alpha value is -1.87. The Bertz CT molecular complexity index is 746. The summed E-state index contributed by atoms with van der Waals surface area (Å²) >= 11 is 6.03. The van der Waals surface area contributed by atoms with Crippen LogP contribution in [0.5, 0.6) is 0 Å². The monoisotopic (exact) mass is 271 g/mol. The number of imidazole rings is 1. The van der Waals surface area contributed by atoms with Gasteiger partial charge in [-0.3, -0.25) is 9.55 Å². The number of benzene rings is 1. The van der Waals surface area contributed by atoms with E-state index < -0.39 is 0 Å². The second-order valence-electron chi connectivity index (χ2n) is 4.65. The van der Waals surface area contributed by atoms with Crippen molar-refractivity contribution in [2.45, 2.75) is 19.7 Å². The lowest BCUT2D eigenvalue weighted by Gasteiger charge is -2.11. The molecule has 3 aromatic rings. The molecule has 1 aromatic carbocycles. The Morgan fingerprint density at radius 2 is 2.05 bits per heavy atom. The average Bonchev–Trinajstić information content (AvgIpc) is 2.77. The summed E-state index contributed by atoms with van der Waals surface area (Å²) in [4.78, 5) is 8.65. The predicted octanol–water partition coefficient (Wildman–Crippen LogP) is 3.78. The van der Waals surface area contributed by atoms with Gasteiger partial charge in [-0.25, -0.2) is 4.98 Å². The number of halogens is 1. The van der Waals surface area contributed by atoms with E-state index in [0.29, 0.717) is 5.88 Å². The molecule has 0 amide bonds. The number of aryl methyl sites for hydroxylation is 2. The molecule has 0 aliphatic carbocycles. The van der Waals surface area contributed by atoms with Gasteiger partial charge in [-0.05, 0) is 31.5 Å². The summed E-state index contributed by atoms with van der Waals surface area (Å²) in [5.74, 6) is 1.22. The van der Waals surface area contributed by atoms with Gasteiger partial charge < -0.3 is 0 Å². The first-order valence-corrected chi connectivity index (χ1v) is 6.69.